The van der Waals surface area contributed by atoms with E-state index in [-0.39, 0.29) is 12.0 Å². The molecule has 1 aliphatic rings. The van der Waals surface area contributed by atoms with Crippen LogP contribution >= 0.6 is 0 Å². The first-order valence-corrected chi connectivity index (χ1v) is 4.10. The average Bonchev–Trinajstić information content (AvgIpc) is 2.66. The van der Waals surface area contributed by atoms with Crippen LogP contribution in [0.2, 0.25) is 0 Å². The molecule has 0 heterocycles. The number of likely N-dealkylation sites (N-methyl/N-ethyl adjacent to an activating group) is 1. The second-order valence-corrected chi connectivity index (χ2v) is 3.39. The summed E-state index contributed by atoms with van der Waals surface area (Å²) in [5.41, 5.74) is 0. The minimum atomic E-state index is -0.732. The van der Waals surface area contributed by atoms with Gasteiger partial charge in [-0.05, 0) is 20.5 Å². The summed E-state index contributed by atoms with van der Waals surface area (Å²) in [7, 11) is 3.93. The van der Waals surface area contributed by atoms with Crippen LogP contribution in [-0.2, 0) is 9.53 Å². The summed E-state index contributed by atoms with van der Waals surface area (Å²) in [6, 6.07) is 0. The Hall–Kier alpha value is -0.610. The predicted octanol–water partition coefficient (Wildman–Crippen LogP) is 0.0377. The van der Waals surface area contributed by atoms with Crippen LogP contribution in [0.15, 0.2) is 0 Å². The van der Waals surface area contributed by atoms with Crippen molar-refractivity contribution in [2.45, 2.75) is 12.5 Å². The van der Waals surface area contributed by atoms with E-state index in [0.29, 0.717) is 13.0 Å². The molecule has 1 rings (SSSR count). The second kappa shape index (κ2) is 3.87. The summed E-state index contributed by atoms with van der Waals surface area (Å²) in [4.78, 5) is 12.4. The van der Waals surface area contributed by atoms with Gasteiger partial charge in [0.1, 0.15) is 0 Å². The molecule has 1 N–H and O–H groups in total. The van der Waals surface area contributed by atoms with E-state index < -0.39 is 5.97 Å². The lowest BCUT2D eigenvalue weighted by atomic mass is 10.4. The standard InChI is InChI=1S/C8H15NO3/c1-9(2)3-4-12-7-5-6(7)8(10)11/h6-7H,3-5H2,1-2H3,(H,10,11). The Morgan fingerprint density at radius 2 is 2.33 bits per heavy atom. The molecule has 0 aliphatic heterocycles. The van der Waals surface area contributed by atoms with Crippen LogP contribution in [0.25, 0.3) is 0 Å². The number of ether oxygens (including phenoxy) is 1. The van der Waals surface area contributed by atoms with Crippen molar-refractivity contribution in [2.75, 3.05) is 27.2 Å². The molecule has 2 atom stereocenters. The lowest BCUT2D eigenvalue weighted by molar-refractivity contribution is -0.139. The summed E-state index contributed by atoms with van der Waals surface area (Å²) >= 11 is 0. The molecule has 0 saturated heterocycles. The fourth-order valence-electron chi connectivity index (χ4n) is 1.00. The van der Waals surface area contributed by atoms with Crippen LogP contribution in [0.3, 0.4) is 0 Å². The third kappa shape index (κ3) is 2.79. The number of nitrogens with zero attached hydrogens (tertiary/aromatic N) is 1. The van der Waals surface area contributed by atoms with Gasteiger partial charge in [-0.15, -0.1) is 0 Å². The van der Waals surface area contributed by atoms with Crippen molar-refractivity contribution in [1.82, 2.24) is 4.90 Å². The number of carboxylic acid groups (broad SMARTS) is 1. The third-order valence-electron chi connectivity index (χ3n) is 1.92. The third-order valence-corrected chi connectivity index (χ3v) is 1.92. The van der Waals surface area contributed by atoms with Crippen LogP contribution in [-0.4, -0.2) is 49.3 Å². The van der Waals surface area contributed by atoms with Crippen molar-refractivity contribution < 1.29 is 14.6 Å². The smallest absolute Gasteiger partial charge is 0.309 e. The molecule has 12 heavy (non-hydrogen) atoms. The van der Waals surface area contributed by atoms with Gasteiger partial charge in [0.15, 0.2) is 0 Å². The molecule has 0 aromatic rings. The zero-order valence-corrected chi connectivity index (χ0v) is 7.49. The minimum absolute atomic E-state index is 0.0255. The lowest BCUT2D eigenvalue weighted by Crippen LogP contribution is -2.19. The molecule has 0 bridgehead atoms. The molecule has 0 aromatic carbocycles. The van der Waals surface area contributed by atoms with Crippen molar-refractivity contribution >= 4 is 5.97 Å². The highest BCUT2D eigenvalue weighted by Gasteiger charge is 2.44. The zero-order valence-electron chi connectivity index (χ0n) is 7.49. The van der Waals surface area contributed by atoms with Crippen LogP contribution in [0.5, 0.6) is 0 Å². The van der Waals surface area contributed by atoms with Crippen molar-refractivity contribution in [1.29, 1.82) is 0 Å². The summed E-state index contributed by atoms with van der Waals surface area (Å²) in [5.74, 6) is -0.975. The van der Waals surface area contributed by atoms with E-state index in [0.717, 1.165) is 6.54 Å². The molecule has 0 amide bonds. The van der Waals surface area contributed by atoms with Gasteiger partial charge in [0, 0.05) is 6.54 Å². The highest BCUT2D eigenvalue weighted by molar-refractivity contribution is 5.74. The maximum absolute atomic E-state index is 10.4. The van der Waals surface area contributed by atoms with Gasteiger partial charge in [-0.25, -0.2) is 0 Å². The lowest BCUT2D eigenvalue weighted by Gasteiger charge is -2.08. The van der Waals surface area contributed by atoms with E-state index in [4.69, 9.17) is 9.84 Å². The molecule has 1 saturated carbocycles. The SMILES string of the molecule is CN(C)CCOC1CC1C(=O)O. The van der Waals surface area contributed by atoms with E-state index >= 15 is 0 Å². The molecule has 0 radical (unpaired) electrons. The number of carbonyl (C=O) groups is 1. The van der Waals surface area contributed by atoms with E-state index in [2.05, 4.69) is 0 Å². The number of rotatable bonds is 5. The van der Waals surface area contributed by atoms with Crippen molar-refractivity contribution in [3.63, 3.8) is 0 Å². The van der Waals surface area contributed by atoms with E-state index in [1.807, 2.05) is 19.0 Å². The number of hydrogen-bond acceptors (Lipinski definition) is 3. The molecule has 70 valence electrons. The number of aliphatic carboxylic acids is 1. The molecular formula is C8H15NO3. The van der Waals surface area contributed by atoms with Gasteiger partial charge >= 0.3 is 5.97 Å². The zero-order chi connectivity index (χ0) is 9.14. The number of hydrogen-bond donors (Lipinski definition) is 1. The van der Waals surface area contributed by atoms with Crippen LogP contribution in [0, 0.1) is 5.92 Å². The Kier molecular flexibility index (Phi) is 3.05. The molecule has 1 aliphatic carbocycles. The monoisotopic (exact) mass is 173 g/mol. The Morgan fingerprint density at radius 3 is 2.75 bits per heavy atom. The first-order valence-electron chi connectivity index (χ1n) is 4.10. The molecule has 1 fully saturated rings. The van der Waals surface area contributed by atoms with Crippen LogP contribution in [0.1, 0.15) is 6.42 Å². The second-order valence-electron chi connectivity index (χ2n) is 3.39. The van der Waals surface area contributed by atoms with E-state index in [1.165, 1.54) is 0 Å². The minimum Gasteiger partial charge on any atom is -0.481 e. The summed E-state index contributed by atoms with van der Waals surface area (Å²) < 4.78 is 5.32. The Labute approximate surface area is 72.1 Å². The van der Waals surface area contributed by atoms with Crippen molar-refractivity contribution in [2.24, 2.45) is 5.92 Å². The average molecular weight is 173 g/mol. The van der Waals surface area contributed by atoms with Crippen LogP contribution < -0.4 is 0 Å². The van der Waals surface area contributed by atoms with Gasteiger partial charge < -0.3 is 14.7 Å². The van der Waals surface area contributed by atoms with Gasteiger partial charge in [-0.3, -0.25) is 4.79 Å². The molecular weight excluding hydrogens is 158 g/mol. The molecule has 2 unspecified atom stereocenters. The van der Waals surface area contributed by atoms with Gasteiger partial charge in [0.2, 0.25) is 0 Å². The Bertz CT molecular complexity index is 170. The highest BCUT2D eigenvalue weighted by atomic mass is 16.5. The Morgan fingerprint density at radius 1 is 1.67 bits per heavy atom. The maximum Gasteiger partial charge on any atom is 0.309 e. The summed E-state index contributed by atoms with van der Waals surface area (Å²) in [6.07, 6.45) is 0.658. The van der Waals surface area contributed by atoms with Gasteiger partial charge in [0.05, 0.1) is 18.6 Å². The quantitative estimate of drug-likeness (QED) is 0.637. The van der Waals surface area contributed by atoms with Crippen LogP contribution in [0.4, 0.5) is 0 Å². The topological polar surface area (TPSA) is 49.8 Å². The molecule has 0 spiro atoms. The Balaban J connectivity index is 2.01. The first kappa shape index (κ1) is 9.48. The van der Waals surface area contributed by atoms with Crippen molar-refractivity contribution in [3.05, 3.63) is 0 Å². The fourth-order valence-corrected chi connectivity index (χ4v) is 1.00. The van der Waals surface area contributed by atoms with E-state index in [1.54, 1.807) is 0 Å². The molecule has 4 heteroatoms. The summed E-state index contributed by atoms with van der Waals surface area (Å²) in [6.45, 7) is 1.48. The van der Waals surface area contributed by atoms with Gasteiger partial charge in [0.25, 0.3) is 0 Å². The van der Waals surface area contributed by atoms with Gasteiger partial charge in [-0.2, -0.15) is 0 Å². The largest absolute Gasteiger partial charge is 0.481 e. The molecule has 0 aromatic heterocycles. The number of carboxylic acids is 1. The summed E-state index contributed by atoms with van der Waals surface area (Å²) in [5, 5.41) is 8.54. The molecule has 4 nitrogen and oxygen atoms in total. The highest BCUT2D eigenvalue weighted by Crippen LogP contribution is 2.33. The van der Waals surface area contributed by atoms with Crippen molar-refractivity contribution in [3.8, 4) is 0 Å². The van der Waals surface area contributed by atoms with Gasteiger partial charge in [-0.1, -0.05) is 0 Å². The fraction of sp³-hybridized carbons (Fsp3) is 0.875. The first-order chi connectivity index (χ1) is 5.61. The predicted molar refractivity (Wildman–Crippen MR) is 44.0 cm³/mol. The normalized spacial score (nSPS) is 27.6. The van der Waals surface area contributed by atoms with E-state index in [9.17, 15) is 4.79 Å². The maximum atomic E-state index is 10.4.